The second kappa shape index (κ2) is 5.42. The van der Waals surface area contributed by atoms with Gasteiger partial charge in [-0.15, -0.1) is 11.3 Å². The van der Waals surface area contributed by atoms with Crippen LogP contribution in [0.25, 0.3) is 11.1 Å². The lowest BCUT2D eigenvalue weighted by Crippen LogP contribution is -2.11. The molecule has 0 bridgehead atoms. The van der Waals surface area contributed by atoms with Crippen molar-refractivity contribution in [3.63, 3.8) is 0 Å². The minimum Gasteiger partial charge on any atom is -0.424 e. The summed E-state index contributed by atoms with van der Waals surface area (Å²) in [6, 6.07) is 12.2. The third-order valence-corrected chi connectivity index (χ3v) is 3.88. The summed E-state index contributed by atoms with van der Waals surface area (Å²) in [7, 11) is 0. The SMILES string of the molecule is OCCC(Nc1nc2ccccc2o1)c1cccs1. The number of hydrogen-bond donors (Lipinski definition) is 2. The van der Waals surface area contributed by atoms with Crippen LogP contribution in [0.5, 0.6) is 0 Å². The molecule has 0 saturated carbocycles. The number of benzene rings is 1. The molecule has 0 amide bonds. The zero-order chi connectivity index (χ0) is 13.1. The predicted molar refractivity (Wildman–Crippen MR) is 76.4 cm³/mol. The molecule has 0 radical (unpaired) electrons. The van der Waals surface area contributed by atoms with Gasteiger partial charge in [0.05, 0.1) is 6.04 Å². The van der Waals surface area contributed by atoms with Crippen molar-refractivity contribution in [3.8, 4) is 0 Å². The normalized spacial score (nSPS) is 12.7. The van der Waals surface area contributed by atoms with Crippen molar-refractivity contribution in [2.75, 3.05) is 11.9 Å². The third kappa shape index (κ3) is 2.62. The molecule has 0 fully saturated rings. The fourth-order valence-corrected chi connectivity index (χ4v) is 2.80. The van der Waals surface area contributed by atoms with Gasteiger partial charge in [0, 0.05) is 11.5 Å². The van der Waals surface area contributed by atoms with Crippen molar-refractivity contribution in [3.05, 3.63) is 46.7 Å². The average Bonchev–Trinajstić information content (AvgIpc) is 3.07. The maximum Gasteiger partial charge on any atom is 0.296 e. The summed E-state index contributed by atoms with van der Waals surface area (Å²) in [5, 5.41) is 14.4. The number of aromatic nitrogens is 1. The van der Waals surface area contributed by atoms with Gasteiger partial charge in [0.15, 0.2) is 5.58 Å². The van der Waals surface area contributed by atoms with E-state index in [2.05, 4.69) is 10.3 Å². The largest absolute Gasteiger partial charge is 0.424 e. The molecule has 1 unspecified atom stereocenters. The topological polar surface area (TPSA) is 58.3 Å². The van der Waals surface area contributed by atoms with Crippen molar-refractivity contribution >= 4 is 28.5 Å². The molecule has 1 aromatic carbocycles. The van der Waals surface area contributed by atoms with E-state index in [1.165, 1.54) is 0 Å². The van der Waals surface area contributed by atoms with Gasteiger partial charge in [0.2, 0.25) is 0 Å². The highest BCUT2D eigenvalue weighted by Crippen LogP contribution is 2.27. The van der Waals surface area contributed by atoms with Gasteiger partial charge in [-0.2, -0.15) is 4.98 Å². The number of anilines is 1. The van der Waals surface area contributed by atoms with Crippen LogP contribution in [0.4, 0.5) is 6.01 Å². The first-order valence-electron chi connectivity index (χ1n) is 6.13. The number of thiophene rings is 1. The molecule has 3 rings (SSSR count). The Balaban J connectivity index is 1.85. The summed E-state index contributed by atoms with van der Waals surface area (Å²) in [5.41, 5.74) is 1.60. The van der Waals surface area contributed by atoms with E-state index in [1.807, 2.05) is 41.8 Å². The van der Waals surface area contributed by atoms with Crippen LogP contribution >= 0.6 is 11.3 Å². The van der Waals surface area contributed by atoms with Crippen LogP contribution in [0.1, 0.15) is 17.3 Å². The van der Waals surface area contributed by atoms with Crippen LogP contribution in [-0.4, -0.2) is 16.7 Å². The summed E-state index contributed by atoms with van der Waals surface area (Å²) in [6.07, 6.45) is 0.624. The van der Waals surface area contributed by atoms with Gasteiger partial charge in [0.1, 0.15) is 5.52 Å². The fourth-order valence-electron chi connectivity index (χ4n) is 1.99. The lowest BCUT2D eigenvalue weighted by atomic mass is 10.2. The maximum absolute atomic E-state index is 9.17. The number of aliphatic hydroxyl groups is 1. The van der Waals surface area contributed by atoms with E-state index in [0.717, 1.165) is 16.0 Å². The summed E-state index contributed by atoms with van der Waals surface area (Å²) in [4.78, 5) is 5.55. The Labute approximate surface area is 114 Å². The molecule has 0 spiro atoms. The minimum absolute atomic E-state index is 0.0260. The van der Waals surface area contributed by atoms with Gasteiger partial charge < -0.3 is 14.8 Å². The number of hydrogen-bond acceptors (Lipinski definition) is 5. The molecule has 5 heteroatoms. The highest BCUT2D eigenvalue weighted by atomic mass is 32.1. The van der Waals surface area contributed by atoms with Crippen molar-refractivity contribution in [2.24, 2.45) is 0 Å². The average molecular weight is 274 g/mol. The van der Waals surface area contributed by atoms with E-state index in [4.69, 9.17) is 9.52 Å². The first-order valence-corrected chi connectivity index (χ1v) is 7.01. The van der Waals surface area contributed by atoms with Crippen molar-refractivity contribution < 1.29 is 9.52 Å². The van der Waals surface area contributed by atoms with Crippen LogP contribution in [0.15, 0.2) is 46.2 Å². The number of para-hydroxylation sites is 2. The molecule has 2 aromatic heterocycles. The number of rotatable bonds is 5. The van der Waals surface area contributed by atoms with Gasteiger partial charge in [0.25, 0.3) is 6.01 Å². The minimum atomic E-state index is 0.0260. The number of aliphatic hydroxyl groups excluding tert-OH is 1. The van der Waals surface area contributed by atoms with Gasteiger partial charge in [-0.3, -0.25) is 0 Å². The Morgan fingerprint density at radius 3 is 2.89 bits per heavy atom. The molecule has 0 saturated heterocycles. The van der Waals surface area contributed by atoms with E-state index >= 15 is 0 Å². The van der Waals surface area contributed by atoms with Gasteiger partial charge in [-0.25, -0.2) is 0 Å². The Morgan fingerprint density at radius 2 is 2.16 bits per heavy atom. The zero-order valence-corrected chi connectivity index (χ0v) is 11.1. The highest BCUT2D eigenvalue weighted by Gasteiger charge is 2.15. The molecule has 4 nitrogen and oxygen atoms in total. The van der Waals surface area contributed by atoms with Crippen molar-refractivity contribution in [2.45, 2.75) is 12.5 Å². The monoisotopic (exact) mass is 274 g/mol. The van der Waals surface area contributed by atoms with Crippen molar-refractivity contribution in [1.82, 2.24) is 4.98 Å². The van der Waals surface area contributed by atoms with Crippen LogP contribution < -0.4 is 5.32 Å². The molecule has 1 atom stereocenters. The zero-order valence-electron chi connectivity index (χ0n) is 10.2. The summed E-state index contributed by atoms with van der Waals surface area (Å²) in [6.45, 7) is 0.121. The second-order valence-corrected chi connectivity index (χ2v) is 5.19. The molecule has 3 aromatic rings. The lowest BCUT2D eigenvalue weighted by Gasteiger charge is -2.14. The standard InChI is InChI=1S/C14H14N2O2S/c17-8-7-11(13-6-3-9-19-13)16-14-15-10-4-1-2-5-12(10)18-14/h1-6,9,11,17H,7-8H2,(H,15,16). The Kier molecular flexibility index (Phi) is 3.48. The second-order valence-electron chi connectivity index (χ2n) is 4.21. The van der Waals surface area contributed by atoms with Crippen LogP contribution in [0, 0.1) is 0 Å². The first kappa shape index (κ1) is 12.2. The summed E-state index contributed by atoms with van der Waals surface area (Å²) >= 11 is 1.65. The van der Waals surface area contributed by atoms with E-state index in [1.54, 1.807) is 11.3 Å². The third-order valence-electron chi connectivity index (χ3n) is 2.90. The number of nitrogens with zero attached hydrogens (tertiary/aromatic N) is 1. The fraction of sp³-hybridized carbons (Fsp3) is 0.214. The molecule has 0 aliphatic rings. The molecule has 0 aliphatic carbocycles. The molecular formula is C14H14N2O2S. The predicted octanol–water partition coefficient (Wildman–Crippen LogP) is 3.42. The highest BCUT2D eigenvalue weighted by molar-refractivity contribution is 7.10. The molecule has 98 valence electrons. The number of oxazole rings is 1. The quantitative estimate of drug-likeness (QED) is 0.748. The summed E-state index contributed by atoms with van der Waals surface area (Å²) in [5.74, 6) is 0. The van der Waals surface area contributed by atoms with Crippen LogP contribution in [-0.2, 0) is 0 Å². The molecule has 19 heavy (non-hydrogen) atoms. The number of nitrogens with one attached hydrogen (secondary N) is 1. The molecular weight excluding hydrogens is 260 g/mol. The Bertz CT molecular complexity index is 615. The van der Waals surface area contributed by atoms with Gasteiger partial charge in [-0.05, 0) is 30.0 Å². The molecule has 2 heterocycles. The first-order chi connectivity index (χ1) is 9.36. The Hall–Kier alpha value is -1.85. The van der Waals surface area contributed by atoms with E-state index in [9.17, 15) is 0 Å². The van der Waals surface area contributed by atoms with E-state index < -0.39 is 0 Å². The molecule has 0 aliphatic heterocycles. The van der Waals surface area contributed by atoms with E-state index in [-0.39, 0.29) is 12.6 Å². The van der Waals surface area contributed by atoms with Crippen molar-refractivity contribution in [1.29, 1.82) is 0 Å². The van der Waals surface area contributed by atoms with Gasteiger partial charge in [-0.1, -0.05) is 18.2 Å². The van der Waals surface area contributed by atoms with Crippen LogP contribution in [0.2, 0.25) is 0 Å². The smallest absolute Gasteiger partial charge is 0.296 e. The molecule has 2 N–H and O–H groups in total. The lowest BCUT2D eigenvalue weighted by molar-refractivity contribution is 0.280. The van der Waals surface area contributed by atoms with Gasteiger partial charge >= 0.3 is 0 Å². The summed E-state index contributed by atoms with van der Waals surface area (Å²) < 4.78 is 5.64. The maximum atomic E-state index is 9.17. The van der Waals surface area contributed by atoms with Crippen LogP contribution in [0.3, 0.4) is 0 Å². The number of fused-ring (bicyclic) bond motifs is 1. The Morgan fingerprint density at radius 1 is 1.26 bits per heavy atom. The van der Waals surface area contributed by atoms with E-state index in [0.29, 0.717) is 12.4 Å².